The number of nitrogens with one attached hydrogen (secondary N) is 1. The highest BCUT2D eigenvalue weighted by Crippen LogP contribution is 2.25. The van der Waals surface area contributed by atoms with Crippen LogP contribution in [0, 0.1) is 21.7 Å². The Morgan fingerprint density at radius 2 is 2.06 bits per heavy atom. The van der Waals surface area contributed by atoms with Crippen LogP contribution < -0.4 is 5.32 Å². The van der Waals surface area contributed by atoms with Crippen molar-refractivity contribution >= 4 is 11.4 Å². The van der Waals surface area contributed by atoms with Crippen molar-refractivity contribution in [1.29, 1.82) is 0 Å². The van der Waals surface area contributed by atoms with E-state index in [0.717, 1.165) is 12.5 Å². The fraction of sp³-hybridized carbons (Fsp3) is 0.400. The number of anilines is 1. The summed E-state index contributed by atoms with van der Waals surface area (Å²) in [4.78, 5) is 9.58. The van der Waals surface area contributed by atoms with E-state index >= 15 is 0 Å². The first-order valence-electron chi connectivity index (χ1n) is 4.85. The second kappa shape index (κ2) is 4.87. The highest BCUT2D eigenvalue weighted by Gasteiger charge is 2.18. The molecule has 0 aliphatic rings. The molecule has 1 aromatic rings. The Hall–Kier alpha value is -1.72. The van der Waals surface area contributed by atoms with Crippen LogP contribution in [0.2, 0.25) is 0 Å². The molecule has 0 aliphatic heterocycles. The maximum Gasteiger partial charge on any atom is 0.307 e. The fourth-order valence-corrected chi connectivity index (χ4v) is 1.16. The predicted octanol–water partition coefficient (Wildman–Crippen LogP) is 3.08. The Morgan fingerprint density at radius 3 is 2.56 bits per heavy atom. The van der Waals surface area contributed by atoms with E-state index < -0.39 is 22.2 Å². The number of nitrogens with zero attached hydrogens (tertiary/aromatic N) is 1. The lowest BCUT2D eigenvalue weighted by molar-refractivity contribution is -0.387. The van der Waals surface area contributed by atoms with Crippen molar-refractivity contribution in [3.63, 3.8) is 0 Å². The highest BCUT2D eigenvalue weighted by molar-refractivity contribution is 5.53. The molecule has 1 rings (SSSR count). The van der Waals surface area contributed by atoms with Crippen molar-refractivity contribution in [2.24, 2.45) is 0 Å². The SMILES string of the molecule is CCC(C)Nc1cc([N+](=O)[O-])c(F)cc1F. The zero-order valence-corrected chi connectivity index (χ0v) is 8.96. The molecule has 4 nitrogen and oxygen atoms in total. The maximum atomic E-state index is 13.3. The topological polar surface area (TPSA) is 55.2 Å². The average Bonchev–Trinajstić information content (AvgIpc) is 2.21. The molecule has 0 aromatic heterocycles. The second-order valence-corrected chi connectivity index (χ2v) is 3.49. The average molecular weight is 230 g/mol. The summed E-state index contributed by atoms with van der Waals surface area (Å²) >= 11 is 0. The first-order valence-corrected chi connectivity index (χ1v) is 4.85. The number of nitro benzene ring substituents is 1. The van der Waals surface area contributed by atoms with Crippen LogP contribution in [0.3, 0.4) is 0 Å². The van der Waals surface area contributed by atoms with Gasteiger partial charge in [-0.25, -0.2) is 4.39 Å². The van der Waals surface area contributed by atoms with Gasteiger partial charge in [0.2, 0.25) is 5.82 Å². The third kappa shape index (κ3) is 2.65. The van der Waals surface area contributed by atoms with Gasteiger partial charge in [0.25, 0.3) is 0 Å². The van der Waals surface area contributed by atoms with E-state index in [1.165, 1.54) is 0 Å². The van der Waals surface area contributed by atoms with Gasteiger partial charge in [0.15, 0.2) is 0 Å². The van der Waals surface area contributed by atoms with E-state index in [0.29, 0.717) is 6.07 Å². The van der Waals surface area contributed by atoms with Gasteiger partial charge in [0, 0.05) is 18.2 Å². The lowest BCUT2D eigenvalue weighted by Gasteiger charge is -2.13. The Balaban J connectivity index is 3.09. The third-order valence-corrected chi connectivity index (χ3v) is 2.25. The summed E-state index contributed by atoms with van der Waals surface area (Å²) in [5.41, 5.74) is -0.783. The summed E-state index contributed by atoms with van der Waals surface area (Å²) in [6.45, 7) is 3.68. The molecule has 1 atom stereocenters. The minimum Gasteiger partial charge on any atom is -0.380 e. The van der Waals surface area contributed by atoms with E-state index in [1.807, 2.05) is 6.92 Å². The minimum atomic E-state index is -1.17. The van der Waals surface area contributed by atoms with Crippen molar-refractivity contribution in [2.75, 3.05) is 5.32 Å². The van der Waals surface area contributed by atoms with Crippen LogP contribution in [0.15, 0.2) is 12.1 Å². The molecule has 1 N–H and O–H groups in total. The molecule has 0 saturated heterocycles. The molecule has 1 aromatic carbocycles. The van der Waals surface area contributed by atoms with Crippen LogP contribution in [0.5, 0.6) is 0 Å². The maximum absolute atomic E-state index is 13.3. The first-order chi connectivity index (χ1) is 7.45. The van der Waals surface area contributed by atoms with E-state index in [9.17, 15) is 18.9 Å². The number of hydrogen-bond acceptors (Lipinski definition) is 3. The second-order valence-electron chi connectivity index (χ2n) is 3.49. The molecule has 0 spiro atoms. The molecule has 0 amide bonds. The fourth-order valence-electron chi connectivity index (χ4n) is 1.16. The van der Waals surface area contributed by atoms with Crippen LogP contribution in [0.1, 0.15) is 20.3 Å². The van der Waals surface area contributed by atoms with Crippen LogP contribution in [0.25, 0.3) is 0 Å². The molecule has 16 heavy (non-hydrogen) atoms. The molecular weight excluding hydrogens is 218 g/mol. The lowest BCUT2D eigenvalue weighted by atomic mass is 10.2. The molecule has 0 radical (unpaired) electrons. The number of hydrogen-bond donors (Lipinski definition) is 1. The van der Waals surface area contributed by atoms with Crippen molar-refractivity contribution in [2.45, 2.75) is 26.3 Å². The van der Waals surface area contributed by atoms with E-state index in [-0.39, 0.29) is 11.7 Å². The summed E-state index contributed by atoms with van der Waals surface area (Å²) in [7, 11) is 0. The summed E-state index contributed by atoms with van der Waals surface area (Å²) in [5, 5.41) is 13.2. The van der Waals surface area contributed by atoms with Gasteiger partial charge in [-0.1, -0.05) is 6.92 Å². The molecule has 0 fully saturated rings. The predicted molar refractivity (Wildman–Crippen MR) is 56.4 cm³/mol. The van der Waals surface area contributed by atoms with Crippen molar-refractivity contribution in [3.8, 4) is 0 Å². The zero-order chi connectivity index (χ0) is 12.3. The summed E-state index contributed by atoms with van der Waals surface area (Å²) in [5.74, 6) is -2.00. The number of nitro groups is 1. The molecule has 6 heteroatoms. The first kappa shape index (κ1) is 12.4. The number of halogens is 2. The van der Waals surface area contributed by atoms with Gasteiger partial charge in [-0.3, -0.25) is 10.1 Å². The van der Waals surface area contributed by atoms with Crippen molar-refractivity contribution in [3.05, 3.63) is 33.9 Å². The molecule has 0 saturated carbocycles. The largest absolute Gasteiger partial charge is 0.380 e. The van der Waals surface area contributed by atoms with Gasteiger partial charge in [0.1, 0.15) is 5.82 Å². The number of rotatable bonds is 4. The van der Waals surface area contributed by atoms with Gasteiger partial charge in [0.05, 0.1) is 10.6 Å². The Bertz CT molecular complexity index is 410. The molecule has 1 unspecified atom stereocenters. The van der Waals surface area contributed by atoms with Crippen LogP contribution in [0.4, 0.5) is 20.2 Å². The van der Waals surface area contributed by atoms with E-state index in [4.69, 9.17) is 0 Å². The van der Waals surface area contributed by atoms with Crippen LogP contribution in [-0.4, -0.2) is 11.0 Å². The van der Waals surface area contributed by atoms with Gasteiger partial charge in [-0.2, -0.15) is 4.39 Å². The van der Waals surface area contributed by atoms with Gasteiger partial charge in [-0.15, -0.1) is 0 Å². The summed E-state index contributed by atoms with van der Waals surface area (Å²) in [6, 6.07) is 1.35. The molecular formula is C10H12F2N2O2. The quantitative estimate of drug-likeness (QED) is 0.638. The van der Waals surface area contributed by atoms with Crippen LogP contribution in [-0.2, 0) is 0 Å². The van der Waals surface area contributed by atoms with Crippen LogP contribution >= 0.6 is 0 Å². The van der Waals surface area contributed by atoms with Gasteiger partial charge < -0.3 is 5.32 Å². The minimum absolute atomic E-state index is 0.0421. The highest BCUT2D eigenvalue weighted by atomic mass is 19.1. The molecule has 0 bridgehead atoms. The van der Waals surface area contributed by atoms with E-state index in [2.05, 4.69) is 5.32 Å². The normalized spacial score (nSPS) is 12.2. The lowest BCUT2D eigenvalue weighted by Crippen LogP contribution is -2.15. The molecule has 88 valence electrons. The smallest absolute Gasteiger partial charge is 0.307 e. The van der Waals surface area contributed by atoms with Gasteiger partial charge in [-0.05, 0) is 13.3 Å². The standard InChI is InChI=1S/C10H12F2N2O2/c1-3-6(2)13-9-5-10(14(15)16)8(12)4-7(9)11/h4-6,13H,3H2,1-2H3. The van der Waals surface area contributed by atoms with E-state index in [1.54, 1.807) is 6.92 Å². The van der Waals surface area contributed by atoms with Gasteiger partial charge >= 0.3 is 5.69 Å². The third-order valence-electron chi connectivity index (χ3n) is 2.25. The Labute approximate surface area is 91.4 Å². The number of benzene rings is 1. The zero-order valence-electron chi connectivity index (χ0n) is 8.96. The molecule has 0 heterocycles. The Morgan fingerprint density at radius 1 is 1.44 bits per heavy atom. The summed E-state index contributed by atoms with van der Waals surface area (Å²) in [6.07, 6.45) is 0.727. The molecule has 0 aliphatic carbocycles. The monoisotopic (exact) mass is 230 g/mol. The van der Waals surface area contributed by atoms with Crippen molar-refractivity contribution in [1.82, 2.24) is 0 Å². The van der Waals surface area contributed by atoms with Crippen molar-refractivity contribution < 1.29 is 13.7 Å². The Kier molecular flexibility index (Phi) is 3.76. The summed E-state index contributed by atoms with van der Waals surface area (Å²) < 4.78 is 26.3.